The SMILES string of the molecule is CCN(C)S(=O)(=O)Nc1ccc(F)c(Oc2ccc(N)c(/C=C\N)c2)c1C#N. The van der Waals surface area contributed by atoms with Gasteiger partial charge in [0.05, 0.1) is 5.69 Å². The molecule has 0 fully saturated rings. The maximum absolute atomic E-state index is 14.4. The van der Waals surface area contributed by atoms with E-state index in [2.05, 4.69) is 4.72 Å². The normalized spacial score (nSPS) is 11.5. The fourth-order valence-electron chi connectivity index (χ4n) is 2.22. The van der Waals surface area contributed by atoms with Crippen LogP contribution >= 0.6 is 0 Å². The molecule has 8 nitrogen and oxygen atoms in total. The maximum Gasteiger partial charge on any atom is 0.301 e. The zero-order valence-corrected chi connectivity index (χ0v) is 16.1. The van der Waals surface area contributed by atoms with Gasteiger partial charge in [-0.3, -0.25) is 4.72 Å². The van der Waals surface area contributed by atoms with Gasteiger partial charge < -0.3 is 16.2 Å². The van der Waals surface area contributed by atoms with Crippen LogP contribution in [0.2, 0.25) is 0 Å². The van der Waals surface area contributed by atoms with Crippen LogP contribution in [0.5, 0.6) is 11.5 Å². The summed E-state index contributed by atoms with van der Waals surface area (Å²) in [4.78, 5) is 0. The number of nitrogen functional groups attached to an aromatic ring is 1. The number of benzene rings is 2. The van der Waals surface area contributed by atoms with Gasteiger partial charge in [-0.2, -0.15) is 18.0 Å². The number of nitriles is 1. The van der Waals surface area contributed by atoms with Crippen LogP contribution in [0.4, 0.5) is 15.8 Å². The second-order valence-electron chi connectivity index (χ2n) is 5.68. The second-order valence-corrected chi connectivity index (χ2v) is 7.46. The summed E-state index contributed by atoms with van der Waals surface area (Å²) in [6.07, 6.45) is 2.82. The zero-order chi connectivity index (χ0) is 20.9. The first-order chi connectivity index (χ1) is 13.2. The molecular formula is C18H20FN5O3S. The number of nitrogens with two attached hydrogens (primary N) is 2. The van der Waals surface area contributed by atoms with Crippen molar-refractivity contribution in [1.82, 2.24) is 4.31 Å². The highest BCUT2D eigenvalue weighted by molar-refractivity contribution is 7.90. The smallest absolute Gasteiger partial charge is 0.301 e. The molecule has 0 atom stereocenters. The zero-order valence-electron chi connectivity index (χ0n) is 15.3. The third kappa shape index (κ3) is 4.51. The Balaban J connectivity index is 2.49. The summed E-state index contributed by atoms with van der Waals surface area (Å²) in [5.41, 5.74) is 11.8. The highest BCUT2D eigenvalue weighted by atomic mass is 32.2. The third-order valence-electron chi connectivity index (χ3n) is 3.87. The Hall–Kier alpha value is -3.29. The largest absolute Gasteiger partial charge is 0.453 e. The molecule has 0 radical (unpaired) electrons. The van der Waals surface area contributed by atoms with Crippen molar-refractivity contribution in [1.29, 1.82) is 5.26 Å². The molecule has 10 heteroatoms. The van der Waals surface area contributed by atoms with E-state index in [1.54, 1.807) is 13.0 Å². The van der Waals surface area contributed by atoms with E-state index < -0.39 is 21.8 Å². The van der Waals surface area contributed by atoms with Crippen LogP contribution in [0.25, 0.3) is 6.08 Å². The summed E-state index contributed by atoms with van der Waals surface area (Å²) >= 11 is 0. The van der Waals surface area contributed by atoms with Crippen molar-refractivity contribution in [2.45, 2.75) is 6.92 Å². The monoisotopic (exact) mass is 405 g/mol. The molecule has 0 heterocycles. The van der Waals surface area contributed by atoms with E-state index in [9.17, 15) is 18.1 Å². The Kier molecular flexibility index (Phi) is 6.45. The van der Waals surface area contributed by atoms with Crippen molar-refractivity contribution in [3.63, 3.8) is 0 Å². The van der Waals surface area contributed by atoms with E-state index in [1.165, 1.54) is 37.5 Å². The van der Waals surface area contributed by atoms with Crippen LogP contribution in [-0.4, -0.2) is 26.3 Å². The number of hydrogen-bond acceptors (Lipinski definition) is 6. The first kappa shape index (κ1) is 21.0. The lowest BCUT2D eigenvalue weighted by molar-refractivity contribution is 0.441. The van der Waals surface area contributed by atoms with Gasteiger partial charge in [0, 0.05) is 24.8 Å². The standard InChI is InChI=1S/C18H20FN5O3S/c1-3-24(2)28(25,26)23-17-7-5-15(19)18(14(17)11-21)27-13-4-6-16(22)12(10-13)8-9-20/h4-10,23H,3,20,22H2,1-2H3/b9-8-. The second kappa shape index (κ2) is 8.60. The number of halogens is 1. The van der Waals surface area contributed by atoms with Gasteiger partial charge >= 0.3 is 10.2 Å². The Morgan fingerprint density at radius 3 is 2.68 bits per heavy atom. The van der Waals surface area contributed by atoms with Gasteiger partial charge in [-0.05, 0) is 42.6 Å². The molecule has 28 heavy (non-hydrogen) atoms. The first-order valence-electron chi connectivity index (χ1n) is 8.15. The van der Waals surface area contributed by atoms with Gasteiger partial charge in [0.15, 0.2) is 11.6 Å². The summed E-state index contributed by atoms with van der Waals surface area (Å²) in [6.45, 7) is 1.86. The number of nitrogens with one attached hydrogen (secondary N) is 1. The molecule has 0 aliphatic rings. The molecule has 2 aromatic rings. The van der Waals surface area contributed by atoms with Crippen LogP contribution in [0.1, 0.15) is 18.1 Å². The van der Waals surface area contributed by atoms with E-state index in [0.29, 0.717) is 11.3 Å². The van der Waals surface area contributed by atoms with Gasteiger partial charge in [0.25, 0.3) is 0 Å². The fourth-order valence-corrected chi connectivity index (χ4v) is 3.17. The summed E-state index contributed by atoms with van der Waals surface area (Å²) in [5, 5.41) is 9.48. The van der Waals surface area contributed by atoms with E-state index in [-0.39, 0.29) is 23.5 Å². The van der Waals surface area contributed by atoms with E-state index in [0.717, 1.165) is 16.4 Å². The van der Waals surface area contributed by atoms with Crippen molar-refractivity contribution < 1.29 is 17.5 Å². The predicted molar refractivity (Wildman–Crippen MR) is 106 cm³/mol. The lowest BCUT2D eigenvalue weighted by atomic mass is 10.1. The number of rotatable bonds is 7. The minimum Gasteiger partial charge on any atom is -0.453 e. The average Bonchev–Trinajstić information content (AvgIpc) is 2.66. The van der Waals surface area contributed by atoms with Gasteiger partial charge in [-0.15, -0.1) is 0 Å². The molecule has 0 saturated heterocycles. The number of anilines is 2. The molecule has 0 aromatic heterocycles. The van der Waals surface area contributed by atoms with Crippen LogP contribution in [-0.2, 0) is 10.2 Å². The molecule has 148 valence electrons. The molecule has 0 spiro atoms. The minimum atomic E-state index is -3.90. The Bertz CT molecular complexity index is 1050. The lowest BCUT2D eigenvalue weighted by Crippen LogP contribution is -2.32. The van der Waals surface area contributed by atoms with Crippen LogP contribution in [0.15, 0.2) is 36.5 Å². The molecular weight excluding hydrogens is 385 g/mol. The van der Waals surface area contributed by atoms with E-state index >= 15 is 0 Å². The summed E-state index contributed by atoms with van der Waals surface area (Å²) in [5.74, 6) is -1.03. The van der Waals surface area contributed by atoms with Crippen LogP contribution < -0.4 is 20.9 Å². The first-order valence-corrected chi connectivity index (χ1v) is 9.59. The van der Waals surface area contributed by atoms with Crippen molar-refractivity contribution in [3.05, 3.63) is 53.5 Å². The Morgan fingerprint density at radius 2 is 2.07 bits per heavy atom. The highest BCUT2D eigenvalue weighted by Crippen LogP contribution is 2.34. The van der Waals surface area contributed by atoms with Gasteiger partial charge in [0.2, 0.25) is 0 Å². The van der Waals surface area contributed by atoms with E-state index in [4.69, 9.17) is 16.2 Å². The maximum atomic E-state index is 14.4. The summed E-state index contributed by atoms with van der Waals surface area (Å²) < 4.78 is 47.7. The minimum absolute atomic E-state index is 0.100. The predicted octanol–water partition coefficient (Wildman–Crippen LogP) is 2.61. The molecule has 0 unspecified atom stereocenters. The quantitative estimate of drug-likeness (QED) is 0.606. The lowest BCUT2D eigenvalue weighted by Gasteiger charge is -2.18. The number of hydrogen-bond donors (Lipinski definition) is 3. The Labute approximate surface area is 163 Å². The molecule has 0 aliphatic carbocycles. The van der Waals surface area contributed by atoms with Crippen LogP contribution in [0, 0.1) is 17.1 Å². The van der Waals surface area contributed by atoms with Gasteiger partial charge in [-0.25, -0.2) is 4.39 Å². The number of nitrogens with zero attached hydrogens (tertiary/aromatic N) is 2. The van der Waals surface area contributed by atoms with Gasteiger partial charge in [-0.1, -0.05) is 6.92 Å². The summed E-state index contributed by atoms with van der Waals surface area (Å²) in [7, 11) is -2.53. The van der Waals surface area contributed by atoms with E-state index in [1.807, 2.05) is 0 Å². The molecule has 0 saturated carbocycles. The Morgan fingerprint density at radius 1 is 1.36 bits per heavy atom. The van der Waals surface area contributed by atoms with Crippen molar-refractivity contribution >= 4 is 27.7 Å². The molecule has 2 aromatic carbocycles. The van der Waals surface area contributed by atoms with Crippen molar-refractivity contribution in [3.8, 4) is 17.6 Å². The average molecular weight is 405 g/mol. The molecule has 0 amide bonds. The highest BCUT2D eigenvalue weighted by Gasteiger charge is 2.22. The molecule has 0 aliphatic heterocycles. The van der Waals surface area contributed by atoms with Crippen molar-refractivity contribution in [2.75, 3.05) is 24.0 Å². The molecule has 0 bridgehead atoms. The third-order valence-corrected chi connectivity index (χ3v) is 5.43. The van der Waals surface area contributed by atoms with Crippen LogP contribution in [0.3, 0.4) is 0 Å². The topological polar surface area (TPSA) is 134 Å². The number of ether oxygens (including phenoxy) is 1. The molecule has 2 rings (SSSR count). The van der Waals surface area contributed by atoms with Gasteiger partial charge in [0.1, 0.15) is 17.4 Å². The van der Waals surface area contributed by atoms with Crippen molar-refractivity contribution in [2.24, 2.45) is 5.73 Å². The fraction of sp³-hybridized carbons (Fsp3) is 0.167. The summed E-state index contributed by atoms with van der Waals surface area (Å²) in [6, 6.07) is 8.50. The molecule has 5 N–H and O–H groups in total.